The lowest BCUT2D eigenvalue weighted by atomic mass is 10.0. The molecule has 0 aliphatic rings. The van der Waals surface area contributed by atoms with Gasteiger partial charge in [0.1, 0.15) is 0 Å². The average Bonchev–Trinajstić information content (AvgIpc) is 2.37. The summed E-state index contributed by atoms with van der Waals surface area (Å²) in [5.74, 6) is 0. The van der Waals surface area contributed by atoms with Crippen LogP contribution in [0, 0.1) is 39.0 Å². The van der Waals surface area contributed by atoms with Crippen LogP contribution in [0.5, 0.6) is 0 Å². The second-order valence-corrected chi connectivity index (χ2v) is 4.00. The van der Waals surface area contributed by atoms with Gasteiger partial charge in [-0.1, -0.05) is 6.08 Å². The molecule has 0 heterocycles. The Morgan fingerprint density at radius 3 is 2.35 bits per heavy atom. The number of nitro groups is 2. The Hall–Kier alpha value is -2.84. The molecule has 106 valence electrons. The number of aryl methyl sites for hydroxylation is 1. The fourth-order valence-electron chi connectivity index (χ4n) is 1.77. The smallest absolute Gasteiger partial charge is 0.258 e. The van der Waals surface area contributed by atoms with Crippen molar-refractivity contribution in [1.29, 1.82) is 0 Å². The molecular weight excluding hydrogens is 268 g/mol. The van der Waals surface area contributed by atoms with E-state index in [0.717, 1.165) is 0 Å². The molecule has 0 fully saturated rings. The van der Waals surface area contributed by atoms with E-state index in [1.807, 2.05) is 0 Å². The van der Waals surface area contributed by atoms with Gasteiger partial charge in [0.2, 0.25) is 5.69 Å². The second kappa shape index (κ2) is 5.87. The van der Waals surface area contributed by atoms with E-state index in [1.165, 1.54) is 26.0 Å². The predicted molar refractivity (Wildman–Crippen MR) is 72.6 cm³/mol. The normalized spacial score (nSPS) is 9.90. The number of hydrogen-bond acceptors (Lipinski definition) is 6. The molecule has 0 aliphatic heterocycles. The van der Waals surface area contributed by atoms with Gasteiger partial charge >= 0.3 is 11.4 Å². The third kappa shape index (κ3) is 2.60. The lowest BCUT2D eigenvalue weighted by molar-refractivity contribution is -0.393. The Kier molecular flexibility index (Phi) is 4.46. The van der Waals surface area contributed by atoms with E-state index in [-0.39, 0.29) is 12.1 Å². The van der Waals surface area contributed by atoms with Crippen LogP contribution in [0.1, 0.15) is 11.1 Å². The molecule has 0 N–H and O–H groups in total. The molecule has 9 heteroatoms. The van der Waals surface area contributed by atoms with E-state index in [1.54, 1.807) is 0 Å². The number of hydrogen-bond donors (Lipinski definition) is 0. The topological polar surface area (TPSA) is 119 Å². The first-order valence-electron chi connectivity index (χ1n) is 5.49. The Bertz CT molecular complexity index is 599. The Labute approximate surface area is 113 Å². The summed E-state index contributed by atoms with van der Waals surface area (Å²) in [6, 6.07) is 1.18. The van der Waals surface area contributed by atoms with E-state index >= 15 is 0 Å². The molecule has 9 nitrogen and oxygen atoms in total. The molecule has 0 saturated heterocycles. The molecule has 20 heavy (non-hydrogen) atoms. The van der Waals surface area contributed by atoms with Crippen molar-refractivity contribution >= 4 is 17.1 Å². The zero-order valence-electron chi connectivity index (χ0n) is 10.9. The van der Waals surface area contributed by atoms with Gasteiger partial charge in [0, 0.05) is 11.6 Å². The zero-order chi connectivity index (χ0) is 15.4. The summed E-state index contributed by atoms with van der Waals surface area (Å²) in [4.78, 5) is 31.5. The fraction of sp³-hybridized carbons (Fsp3) is 0.273. The summed E-state index contributed by atoms with van der Waals surface area (Å²) in [5, 5.41) is 25.5. The number of nitro benzene ring substituents is 2. The number of anilines is 1. The van der Waals surface area contributed by atoms with Crippen molar-refractivity contribution in [3.05, 3.63) is 55.0 Å². The maximum Gasteiger partial charge on any atom is 0.304 e. The van der Waals surface area contributed by atoms with Crippen LogP contribution in [0.15, 0.2) is 24.0 Å². The Morgan fingerprint density at radius 2 is 1.95 bits per heavy atom. The highest BCUT2D eigenvalue weighted by molar-refractivity contribution is 5.78. The molecule has 1 rings (SSSR count). The van der Waals surface area contributed by atoms with Crippen molar-refractivity contribution in [1.82, 2.24) is 0 Å². The van der Waals surface area contributed by atoms with Crippen LogP contribution >= 0.6 is 0 Å². The van der Waals surface area contributed by atoms with E-state index in [9.17, 15) is 25.1 Å². The third-order valence-corrected chi connectivity index (χ3v) is 2.80. The van der Waals surface area contributed by atoms with Crippen molar-refractivity contribution in [2.75, 3.05) is 11.6 Å². The minimum Gasteiger partial charge on any atom is -0.258 e. The maximum absolute atomic E-state index is 11.2. The largest absolute Gasteiger partial charge is 0.304 e. The SMILES string of the molecule is C=CCN(N=O)c1c([N+](=O)[O-])cc(C)c(C)c1[N+](=O)[O-]. The van der Waals surface area contributed by atoms with Crippen molar-refractivity contribution < 1.29 is 9.85 Å². The molecule has 0 unspecified atom stereocenters. The van der Waals surface area contributed by atoms with Crippen LogP contribution in [0.4, 0.5) is 17.1 Å². The molecule has 1 aromatic rings. The van der Waals surface area contributed by atoms with Crippen LogP contribution in [0.3, 0.4) is 0 Å². The van der Waals surface area contributed by atoms with Crippen LogP contribution < -0.4 is 5.01 Å². The molecular formula is C11H12N4O5. The van der Waals surface area contributed by atoms with Crippen LogP contribution in [0.25, 0.3) is 0 Å². The van der Waals surface area contributed by atoms with Crippen molar-refractivity contribution in [2.45, 2.75) is 13.8 Å². The molecule has 0 aromatic heterocycles. The molecule has 0 spiro atoms. The highest BCUT2D eigenvalue weighted by Gasteiger charge is 2.33. The summed E-state index contributed by atoms with van der Waals surface area (Å²) in [7, 11) is 0. The van der Waals surface area contributed by atoms with E-state index < -0.39 is 26.9 Å². The van der Waals surface area contributed by atoms with Gasteiger partial charge in [-0.15, -0.1) is 11.5 Å². The lowest BCUT2D eigenvalue weighted by Crippen LogP contribution is -2.19. The number of benzene rings is 1. The van der Waals surface area contributed by atoms with Crippen LogP contribution in [-0.4, -0.2) is 16.4 Å². The van der Waals surface area contributed by atoms with Gasteiger partial charge < -0.3 is 0 Å². The predicted octanol–water partition coefficient (Wildman–Crippen LogP) is 2.79. The molecule has 0 aliphatic carbocycles. The summed E-state index contributed by atoms with van der Waals surface area (Å²) in [6.07, 6.45) is 1.27. The van der Waals surface area contributed by atoms with E-state index in [2.05, 4.69) is 11.9 Å². The molecule has 0 radical (unpaired) electrons. The number of nitrogens with zero attached hydrogens (tertiary/aromatic N) is 4. The molecule has 0 amide bonds. The highest BCUT2D eigenvalue weighted by atomic mass is 16.6. The van der Waals surface area contributed by atoms with E-state index in [4.69, 9.17) is 0 Å². The standard InChI is InChI=1S/C11H12N4O5/c1-4-5-13(12-16)11-9(14(17)18)6-7(2)8(3)10(11)15(19)20/h4,6H,1,5H2,2-3H3. The number of rotatable bonds is 6. The quantitative estimate of drug-likeness (QED) is 0.342. The van der Waals surface area contributed by atoms with Gasteiger partial charge in [-0.3, -0.25) is 20.2 Å². The maximum atomic E-state index is 11.2. The van der Waals surface area contributed by atoms with Crippen molar-refractivity contribution in [2.24, 2.45) is 5.29 Å². The first-order chi connectivity index (χ1) is 9.34. The molecule has 0 bridgehead atoms. The first-order valence-corrected chi connectivity index (χ1v) is 5.49. The van der Waals surface area contributed by atoms with Gasteiger partial charge in [-0.05, 0) is 19.4 Å². The summed E-state index contributed by atoms with van der Waals surface area (Å²) >= 11 is 0. The summed E-state index contributed by atoms with van der Waals surface area (Å²) in [6.45, 7) is 6.18. The second-order valence-electron chi connectivity index (χ2n) is 4.00. The van der Waals surface area contributed by atoms with Gasteiger partial charge in [0.05, 0.1) is 21.7 Å². The Balaban J connectivity index is 3.79. The summed E-state index contributed by atoms with van der Waals surface area (Å²) in [5.41, 5.74) is -0.845. The molecule has 1 aromatic carbocycles. The first kappa shape index (κ1) is 15.2. The van der Waals surface area contributed by atoms with Gasteiger partial charge in [-0.25, -0.2) is 5.01 Å². The highest BCUT2D eigenvalue weighted by Crippen LogP contribution is 2.41. The van der Waals surface area contributed by atoms with Gasteiger partial charge in [0.25, 0.3) is 0 Å². The van der Waals surface area contributed by atoms with Crippen molar-refractivity contribution in [3.8, 4) is 0 Å². The molecule has 0 atom stereocenters. The third-order valence-electron chi connectivity index (χ3n) is 2.80. The Morgan fingerprint density at radius 1 is 1.35 bits per heavy atom. The van der Waals surface area contributed by atoms with Crippen LogP contribution in [0.2, 0.25) is 0 Å². The van der Waals surface area contributed by atoms with Crippen molar-refractivity contribution in [3.63, 3.8) is 0 Å². The zero-order valence-corrected chi connectivity index (χ0v) is 10.9. The number of nitroso groups, excluding NO2 is 1. The van der Waals surface area contributed by atoms with E-state index in [0.29, 0.717) is 10.6 Å². The average molecular weight is 280 g/mol. The van der Waals surface area contributed by atoms with Gasteiger partial charge in [-0.2, -0.15) is 0 Å². The van der Waals surface area contributed by atoms with Gasteiger partial charge in [0.15, 0.2) is 0 Å². The van der Waals surface area contributed by atoms with Crippen LogP contribution in [-0.2, 0) is 0 Å². The minimum atomic E-state index is -0.782. The monoisotopic (exact) mass is 280 g/mol. The minimum absolute atomic E-state index is 0.173. The summed E-state index contributed by atoms with van der Waals surface area (Å²) < 4.78 is 0. The fourth-order valence-corrected chi connectivity index (χ4v) is 1.77. The lowest BCUT2D eigenvalue weighted by Gasteiger charge is -2.15. The molecule has 0 saturated carbocycles.